The molecule has 0 unspecified atom stereocenters. The highest BCUT2D eigenvalue weighted by molar-refractivity contribution is 6.04. The van der Waals surface area contributed by atoms with E-state index in [0.29, 0.717) is 35.8 Å². The number of anilines is 1. The highest BCUT2D eigenvalue weighted by Crippen LogP contribution is 2.33. The van der Waals surface area contributed by atoms with Gasteiger partial charge >= 0.3 is 6.18 Å². The highest BCUT2D eigenvalue weighted by atomic mass is 19.4. The van der Waals surface area contributed by atoms with Crippen molar-refractivity contribution in [2.45, 2.75) is 12.7 Å². The summed E-state index contributed by atoms with van der Waals surface area (Å²) in [6.07, 6.45) is 1.88. The largest absolute Gasteiger partial charge is 0.416 e. The predicted octanol–water partition coefficient (Wildman–Crippen LogP) is 3.39. The molecule has 1 saturated heterocycles. The number of nitrogens with one attached hydrogen (secondary N) is 2. The number of imidazole rings is 1. The summed E-state index contributed by atoms with van der Waals surface area (Å²) < 4.78 is 45.0. The van der Waals surface area contributed by atoms with E-state index in [2.05, 4.69) is 42.6 Å². The third kappa shape index (κ3) is 5.99. The minimum absolute atomic E-state index is 0.116. The Morgan fingerprint density at radius 1 is 1.02 bits per heavy atom. The van der Waals surface area contributed by atoms with Crippen molar-refractivity contribution in [3.63, 3.8) is 0 Å². The van der Waals surface area contributed by atoms with Crippen molar-refractivity contribution in [1.82, 2.24) is 39.6 Å². The summed E-state index contributed by atoms with van der Waals surface area (Å²) in [4.78, 5) is 23.3. The number of rotatable bonds is 5. The molecule has 0 saturated carbocycles. The first-order valence-electron chi connectivity index (χ1n) is 13.1. The number of hydrogen-bond donors (Lipinski definition) is 2. The number of benzene rings is 1. The maximum atomic E-state index is 13.9. The van der Waals surface area contributed by atoms with Crippen LogP contribution in [0.25, 0.3) is 11.5 Å². The van der Waals surface area contributed by atoms with Crippen molar-refractivity contribution in [2.24, 2.45) is 0 Å². The van der Waals surface area contributed by atoms with Crippen LogP contribution < -0.4 is 10.6 Å². The molecule has 212 valence electrons. The van der Waals surface area contributed by atoms with Gasteiger partial charge in [-0.05, 0) is 53.9 Å². The fraction of sp³-hybridized carbons (Fsp3) is 0.207. The van der Waals surface area contributed by atoms with Gasteiger partial charge in [-0.2, -0.15) is 18.3 Å². The van der Waals surface area contributed by atoms with Crippen molar-refractivity contribution in [3.05, 3.63) is 101 Å². The molecule has 13 heteroatoms. The van der Waals surface area contributed by atoms with Gasteiger partial charge in [0.15, 0.2) is 11.5 Å². The summed E-state index contributed by atoms with van der Waals surface area (Å²) in [5, 5.41) is 14.5. The van der Waals surface area contributed by atoms with Gasteiger partial charge in [-0.25, -0.2) is 19.2 Å². The van der Waals surface area contributed by atoms with E-state index in [4.69, 9.17) is 0 Å². The number of pyridine rings is 1. The third-order valence-electron chi connectivity index (χ3n) is 6.70. The summed E-state index contributed by atoms with van der Waals surface area (Å²) in [6, 6.07) is 12.3. The minimum Gasteiger partial charge on any atom is -0.314 e. The molecule has 0 radical (unpaired) electrons. The summed E-state index contributed by atoms with van der Waals surface area (Å²) in [5.41, 5.74) is 0.862. The number of nitrogens with zero attached hydrogens (tertiary/aromatic N) is 7. The second kappa shape index (κ2) is 11.4. The van der Waals surface area contributed by atoms with E-state index in [0.717, 1.165) is 19.2 Å². The first kappa shape index (κ1) is 27.1. The zero-order chi connectivity index (χ0) is 29.1. The molecule has 42 heavy (non-hydrogen) atoms. The number of piperazine rings is 1. The molecule has 5 aromatic rings. The monoisotopic (exact) mass is 571 g/mol. The van der Waals surface area contributed by atoms with E-state index >= 15 is 0 Å². The van der Waals surface area contributed by atoms with E-state index in [1.54, 1.807) is 58.1 Å². The quantitative estimate of drug-likeness (QED) is 0.312. The van der Waals surface area contributed by atoms with E-state index in [1.165, 1.54) is 18.3 Å². The van der Waals surface area contributed by atoms with Crippen LogP contribution in [0.5, 0.6) is 0 Å². The van der Waals surface area contributed by atoms with Gasteiger partial charge in [0.25, 0.3) is 5.91 Å². The molecule has 5 heterocycles. The summed E-state index contributed by atoms with van der Waals surface area (Å²) in [6.45, 7) is 2.92. The van der Waals surface area contributed by atoms with Gasteiger partial charge in [0.1, 0.15) is 11.5 Å². The minimum atomic E-state index is -4.60. The SMILES string of the molecule is O=C(Nc1cc(C#Cc2cnc3ccc(-n4cccn4)nn23)ccn1)c1ccc(CN2CCNCC2)c(C(F)(F)F)c1. The lowest BCUT2D eigenvalue weighted by Gasteiger charge is -2.28. The molecule has 0 spiro atoms. The summed E-state index contributed by atoms with van der Waals surface area (Å²) in [5.74, 6) is 6.06. The Labute approximate surface area is 238 Å². The highest BCUT2D eigenvalue weighted by Gasteiger charge is 2.34. The molecule has 4 aromatic heterocycles. The lowest BCUT2D eigenvalue weighted by molar-refractivity contribution is -0.138. The van der Waals surface area contributed by atoms with Gasteiger partial charge in [0.05, 0.1) is 11.8 Å². The molecule has 0 aliphatic carbocycles. The van der Waals surface area contributed by atoms with Crippen LogP contribution in [0.4, 0.5) is 19.0 Å². The molecule has 2 N–H and O–H groups in total. The van der Waals surface area contributed by atoms with Crippen LogP contribution >= 0.6 is 0 Å². The fourth-order valence-electron chi connectivity index (χ4n) is 4.61. The zero-order valence-corrected chi connectivity index (χ0v) is 22.1. The van der Waals surface area contributed by atoms with E-state index in [-0.39, 0.29) is 23.5 Å². The number of amides is 1. The molecular weight excluding hydrogens is 547 g/mol. The van der Waals surface area contributed by atoms with Gasteiger partial charge in [0.2, 0.25) is 0 Å². The Morgan fingerprint density at radius 3 is 2.67 bits per heavy atom. The maximum Gasteiger partial charge on any atom is 0.416 e. The Bertz CT molecular complexity index is 1800. The molecule has 0 atom stereocenters. The second-order valence-corrected chi connectivity index (χ2v) is 9.59. The van der Waals surface area contributed by atoms with Gasteiger partial charge in [-0.1, -0.05) is 12.0 Å². The smallest absolute Gasteiger partial charge is 0.314 e. The number of halogens is 3. The van der Waals surface area contributed by atoms with Crippen LogP contribution in [-0.2, 0) is 12.7 Å². The standard InChI is InChI=1S/C29H24F3N9O/c30-29(31,32)24-17-21(3-4-22(24)19-39-14-11-33-12-15-39)28(42)37-25-16-20(8-10-34-25)2-5-23-18-35-26-6-7-27(38-41(23)26)40-13-1-9-36-40/h1,3-4,6-10,13,16-18,33H,11-12,14-15,19H2,(H,34,37,42). The van der Waals surface area contributed by atoms with Crippen LogP contribution in [0.3, 0.4) is 0 Å². The molecule has 0 bridgehead atoms. The predicted molar refractivity (Wildman–Crippen MR) is 148 cm³/mol. The average Bonchev–Trinajstić information content (AvgIpc) is 3.67. The van der Waals surface area contributed by atoms with Crippen molar-refractivity contribution in [1.29, 1.82) is 0 Å². The molecular formula is C29H24F3N9O. The van der Waals surface area contributed by atoms with Crippen molar-refractivity contribution in [2.75, 3.05) is 31.5 Å². The second-order valence-electron chi connectivity index (χ2n) is 9.59. The summed E-state index contributed by atoms with van der Waals surface area (Å²) in [7, 11) is 0. The third-order valence-corrected chi connectivity index (χ3v) is 6.70. The first-order valence-corrected chi connectivity index (χ1v) is 13.1. The Morgan fingerprint density at radius 2 is 1.88 bits per heavy atom. The van der Waals surface area contributed by atoms with Gasteiger partial charge in [-0.3, -0.25) is 9.69 Å². The molecule has 1 fully saturated rings. The number of carbonyl (C=O) groups is 1. The van der Waals surface area contributed by atoms with E-state index in [9.17, 15) is 18.0 Å². The number of carbonyl (C=O) groups excluding carboxylic acids is 1. The molecule has 1 aliphatic heterocycles. The van der Waals surface area contributed by atoms with Crippen LogP contribution in [0, 0.1) is 11.8 Å². The van der Waals surface area contributed by atoms with Crippen LogP contribution in [0.2, 0.25) is 0 Å². The number of aromatic nitrogens is 6. The average molecular weight is 572 g/mol. The lowest BCUT2D eigenvalue weighted by Crippen LogP contribution is -2.43. The number of alkyl halides is 3. The lowest BCUT2D eigenvalue weighted by atomic mass is 10.0. The van der Waals surface area contributed by atoms with Crippen LogP contribution in [0.1, 0.15) is 32.7 Å². The van der Waals surface area contributed by atoms with Gasteiger partial charge < -0.3 is 10.6 Å². The molecule has 1 amide bonds. The fourth-order valence-corrected chi connectivity index (χ4v) is 4.61. The topological polar surface area (TPSA) is 105 Å². The van der Waals surface area contributed by atoms with E-state index in [1.807, 2.05) is 4.90 Å². The van der Waals surface area contributed by atoms with Gasteiger partial charge in [0, 0.05) is 62.4 Å². The Kier molecular flexibility index (Phi) is 7.39. The van der Waals surface area contributed by atoms with Gasteiger partial charge in [-0.15, -0.1) is 5.10 Å². The van der Waals surface area contributed by atoms with Crippen molar-refractivity contribution >= 4 is 17.4 Å². The Hall–Kier alpha value is -5.06. The normalized spacial score (nSPS) is 14.0. The maximum absolute atomic E-state index is 13.9. The van der Waals surface area contributed by atoms with Crippen molar-refractivity contribution in [3.8, 4) is 17.7 Å². The molecule has 6 rings (SSSR count). The molecule has 10 nitrogen and oxygen atoms in total. The molecule has 1 aliphatic rings. The Balaban J connectivity index is 1.20. The van der Waals surface area contributed by atoms with E-state index < -0.39 is 17.6 Å². The number of hydrogen-bond acceptors (Lipinski definition) is 7. The zero-order valence-electron chi connectivity index (χ0n) is 22.1. The van der Waals surface area contributed by atoms with Crippen LogP contribution in [-0.4, -0.2) is 66.3 Å². The number of fused-ring (bicyclic) bond motifs is 1. The van der Waals surface area contributed by atoms with Crippen LogP contribution in [0.15, 0.2) is 73.3 Å². The van der Waals surface area contributed by atoms with Crippen molar-refractivity contribution < 1.29 is 18.0 Å². The summed E-state index contributed by atoms with van der Waals surface area (Å²) >= 11 is 0. The molecule has 1 aromatic carbocycles. The first-order chi connectivity index (χ1) is 20.3.